The van der Waals surface area contributed by atoms with Gasteiger partial charge in [-0.3, -0.25) is 0 Å². The van der Waals surface area contributed by atoms with E-state index in [-0.39, 0.29) is 22.7 Å². The molecule has 3 aromatic rings. The van der Waals surface area contributed by atoms with Gasteiger partial charge in [-0.25, -0.2) is 22.8 Å². The van der Waals surface area contributed by atoms with Gasteiger partial charge in [-0.15, -0.1) is 10.2 Å². The first-order valence-electron chi connectivity index (χ1n) is 9.22. The van der Waals surface area contributed by atoms with Crippen molar-refractivity contribution < 1.29 is 12.8 Å². The number of piperidine rings is 1. The Morgan fingerprint density at radius 1 is 1.27 bits per heavy atom. The van der Waals surface area contributed by atoms with Crippen LogP contribution in [0.25, 0.3) is 11.5 Å². The first-order chi connectivity index (χ1) is 14.3. The molecule has 2 atom stereocenters. The number of aromatic nitrogens is 5. The highest BCUT2D eigenvalue weighted by atomic mass is 35.5. The lowest BCUT2D eigenvalue weighted by Crippen LogP contribution is -2.42. The number of aromatic amines is 1. The average Bonchev–Trinajstić information content (AvgIpc) is 3.10. The van der Waals surface area contributed by atoms with E-state index in [1.54, 1.807) is 0 Å². The number of H-pyrrole nitrogens is 1. The number of nitrogen functional groups attached to an aromatic ring is 1. The van der Waals surface area contributed by atoms with Gasteiger partial charge in [0, 0.05) is 19.0 Å². The van der Waals surface area contributed by atoms with Gasteiger partial charge in [-0.1, -0.05) is 18.5 Å². The molecule has 1 fully saturated rings. The van der Waals surface area contributed by atoms with E-state index in [9.17, 15) is 12.8 Å². The zero-order valence-corrected chi connectivity index (χ0v) is 17.5. The molecule has 0 amide bonds. The van der Waals surface area contributed by atoms with E-state index in [2.05, 4.69) is 25.1 Å². The molecule has 158 valence electrons. The van der Waals surface area contributed by atoms with Gasteiger partial charge in [0.1, 0.15) is 17.3 Å². The lowest BCUT2D eigenvalue weighted by Gasteiger charge is -2.35. The summed E-state index contributed by atoms with van der Waals surface area (Å²) in [5, 5.41) is 7.51. The van der Waals surface area contributed by atoms with Crippen molar-refractivity contribution in [2.75, 3.05) is 18.8 Å². The van der Waals surface area contributed by atoms with E-state index in [0.717, 1.165) is 11.9 Å². The fraction of sp³-hybridized carbons (Fsp3) is 0.333. The van der Waals surface area contributed by atoms with Crippen LogP contribution in [0.3, 0.4) is 0 Å². The van der Waals surface area contributed by atoms with Gasteiger partial charge >= 0.3 is 0 Å². The molecule has 3 aromatic heterocycles. The average molecular weight is 452 g/mol. The quantitative estimate of drug-likeness (QED) is 0.622. The molecule has 0 spiro atoms. The Morgan fingerprint density at radius 2 is 2.07 bits per heavy atom. The van der Waals surface area contributed by atoms with Crippen LogP contribution in [-0.2, 0) is 10.0 Å². The third-order valence-electron chi connectivity index (χ3n) is 5.16. The van der Waals surface area contributed by atoms with Gasteiger partial charge in [0.05, 0.1) is 11.9 Å². The minimum absolute atomic E-state index is 0.0249. The van der Waals surface area contributed by atoms with Crippen LogP contribution in [0.1, 0.15) is 25.0 Å². The Balaban J connectivity index is 1.54. The molecular weight excluding hydrogens is 433 g/mol. The Kier molecular flexibility index (Phi) is 5.43. The normalized spacial score (nSPS) is 20.4. The number of rotatable bonds is 4. The number of anilines is 1. The predicted octanol–water partition coefficient (Wildman–Crippen LogP) is 2.45. The number of hydrogen-bond donors (Lipinski definition) is 2. The maximum absolute atomic E-state index is 13.1. The topological polar surface area (TPSA) is 131 Å². The zero-order chi connectivity index (χ0) is 21.5. The molecule has 4 heterocycles. The summed E-state index contributed by atoms with van der Waals surface area (Å²) in [6.45, 7) is 2.54. The van der Waals surface area contributed by atoms with Gasteiger partial charge in [0.2, 0.25) is 0 Å². The van der Waals surface area contributed by atoms with E-state index in [0.29, 0.717) is 36.2 Å². The summed E-state index contributed by atoms with van der Waals surface area (Å²) in [4.78, 5) is 11.5. The number of nitrogens with zero attached hydrogens (tertiary/aromatic N) is 5. The molecule has 12 heteroatoms. The molecule has 0 aliphatic carbocycles. The van der Waals surface area contributed by atoms with Crippen LogP contribution in [0.2, 0.25) is 5.15 Å². The zero-order valence-electron chi connectivity index (χ0n) is 16.0. The van der Waals surface area contributed by atoms with Crippen LogP contribution in [0.15, 0.2) is 35.5 Å². The SMILES string of the molecule is C[C@H]1CN(S(=O)(=O)c2ccc(N)nn2)CC[C@H]1c1[nH]c(-c2ccc(F)cn2)nc1Cl. The molecule has 0 aromatic carbocycles. The maximum atomic E-state index is 13.1. The predicted molar refractivity (Wildman–Crippen MR) is 109 cm³/mol. The summed E-state index contributed by atoms with van der Waals surface area (Å²) in [6, 6.07) is 5.57. The highest BCUT2D eigenvalue weighted by Crippen LogP contribution is 2.37. The first kappa shape index (κ1) is 20.6. The number of halogens is 2. The second-order valence-corrected chi connectivity index (χ2v) is 9.43. The molecule has 30 heavy (non-hydrogen) atoms. The lowest BCUT2D eigenvalue weighted by molar-refractivity contribution is 0.245. The number of imidazole rings is 1. The number of sulfonamides is 1. The van der Waals surface area contributed by atoms with Crippen molar-refractivity contribution in [2.24, 2.45) is 5.92 Å². The summed E-state index contributed by atoms with van der Waals surface area (Å²) in [5.74, 6) is 0.0887. The largest absolute Gasteiger partial charge is 0.382 e. The summed E-state index contributed by atoms with van der Waals surface area (Å²) in [6.07, 6.45) is 1.65. The van der Waals surface area contributed by atoms with Crippen LogP contribution >= 0.6 is 11.6 Å². The van der Waals surface area contributed by atoms with Crippen molar-refractivity contribution >= 4 is 27.4 Å². The van der Waals surface area contributed by atoms with Gasteiger partial charge in [-0.05, 0) is 36.6 Å². The first-order valence-corrected chi connectivity index (χ1v) is 11.0. The molecule has 1 aliphatic heterocycles. The molecule has 3 N–H and O–H groups in total. The number of pyridine rings is 1. The molecule has 0 bridgehead atoms. The van der Waals surface area contributed by atoms with Crippen molar-refractivity contribution in [1.29, 1.82) is 0 Å². The van der Waals surface area contributed by atoms with Gasteiger partial charge in [0.15, 0.2) is 16.0 Å². The maximum Gasteiger partial charge on any atom is 0.262 e. The highest BCUT2D eigenvalue weighted by molar-refractivity contribution is 7.89. The molecule has 9 nitrogen and oxygen atoms in total. The van der Waals surface area contributed by atoms with Crippen LogP contribution in [0.5, 0.6) is 0 Å². The number of nitrogens with two attached hydrogens (primary N) is 1. The third kappa shape index (κ3) is 3.87. The fourth-order valence-corrected chi connectivity index (χ4v) is 5.30. The van der Waals surface area contributed by atoms with Crippen molar-refractivity contribution in [3.63, 3.8) is 0 Å². The molecule has 1 saturated heterocycles. The van der Waals surface area contributed by atoms with Gasteiger partial charge < -0.3 is 10.7 Å². The van der Waals surface area contributed by atoms with E-state index in [1.165, 1.54) is 28.6 Å². The molecule has 4 rings (SSSR count). The Morgan fingerprint density at radius 3 is 2.70 bits per heavy atom. The standard InChI is InChI=1S/C18H19ClFN7O2S/c1-10-9-27(30(28,29)15-5-4-14(21)25-26-15)7-6-12(10)16-17(19)24-18(23-16)13-3-2-11(20)8-22-13/h2-5,8,10,12H,6-7,9H2,1H3,(H2,21,25)(H,23,24)/t10-,12+/m0/s1. The second-order valence-electron chi connectivity index (χ2n) is 7.18. The van der Waals surface area contributed by atoms with E-state index in [1.807, 2.05) is 6.92 Å². The van der Waals surface area contributed by atoms with Crippen molar-refractivity contribution in [3.05, 3.63) is 47.1 Å². The smallest absolute Gasteiger partial charge is 0.262 e. The fourth-order valence-electron chi connectivity index (χ4n) is 3.60. The van der Waals surface area contributed by atoms with Crippen molar-refractivity contribution in [3.8, 4) is 11.5 Å². The van der Waals surface area contributed by atoms with Crippen LogP contribution in [-0.4, -0.2) is 51.0 Å². The third-order valence-corrected chi connectivity index (χ3v) is 7.20. The van der Waals surface area contributed by atoms with Crippen molar-refractivity contribution in [2.45, 2.75) is 24.3 Å². The molecule has 0 unspecified atom stereocenters. The van der Waals surface area contributed by atoms with E-state index in [4.69, 9.17) is 17.3 Å². The molecule has 1 aliphatic rings. The van der Waals surface area contributed by atoms with Crippen LogP contribution in [0, 0.1) is 11.7 Å². The molecule has 0 saturated carbocycles. The second kappa shape index (κ2) is 7.89. The Bertz CT molecular complexity index is 1150. The van der Waals surface area contributed by atoms with Gasteiger partial charge in [0.25, 0.3) is 10.0 Å². The summed E-state index contributed by atoms with van der Waals surface area (Å²) >= 11 is 6.36. The van der Waals surface area contributed by atoms with E-state index >= 15 is 0 Å². The molecular formula is C18H19ClFN7O2S. The lowest BCUT2D eigenvalue weighted by atomic mass is 9.86. The van der Waals surface area contributed by atoms with Gasteiger partial charge in [-0.2, -0.15) is 4.31 Å². The minimum Gasteiger partial charge on any atom is -0.382 e. The van der Waals surface area contributed by atoms with Crippen molar-refractivity contribution in [1.82, 2.24) is 29.5 Å². The number of nitrogens with one attached hydrogen (secondary N) is 1. The van der Waals surface area contributed by atoms with Crippen LogP contribution in [0.4, 0.5) is 10.2 Å². The monoisotopic (exact) mass is 451 g/mol. The highest BCUT2D eigenvalue weighted by Gasteiger charge is 2.36. The number of hydrogen-bond acceptors (Lipinski definition) is 7. The Labute approximate surface area is 177 Å². The van der Waals surface area contributed by atoms with E-state index < -0.39 is 15.8 Å². The summed E-state index contributed by atoms with van der Waals surface area (Å²) in [7, 11) is -3.77. The van der Waals surface area contributed by atoms with Crippen LogP contribution < -0.4 is 5.73 Å². The minimum atomic E-state index is -3.77. The molecule has 0 radical (unpaired) electrons. The Hall–Kier alpha value is -2.63. The summed E-state index contributed by atoms with van der Waals surface area (Å²) in [5.41, 5.74) is 6.68. The summed E-state index contributed by atoms with van der Waals surface area (Å²) < 4.78 is 40.2.